The Balaban J connectivity index is 0.000000112. The van der Waals surface area contributed by atoms with E-state index in [2.05, 4.69) is 504 Å². The van der Waals surface area contributed by atoms with Crippen LogP contribution in [-0.2, 0) is 0 Å². The fourth-order valence-electron chi connectivity index (χ4n) is 19.5. The molecule has 3 aromatic heterocycles. The van der Waals surface area contributed by atoms with Crippen LogP contribution in [0.5, 0.6) is 0 Å². The quantitative estimate of drug-likeness (QED) is 0.0981. The number of hydrogen-bond donors (Lipinski definition) is 0. The standard InChI is InChI=1S/C47H31N3.C45H27N3.C41H27N3/c1-2-8-32(9-3-1)35-14-22-38(23-15-35)45-48-46(39-24-16-36(17-25-39)43-28-20-33-10-4-6-12-41(33)30-43)50-47(49-45)40-26-18-37(19-27-40)44-29-21-34-11-5-7-13-42(34)31-44;1-4-10-37-28(7-1)13-16-31-25-34(19-22-40(31)37)43-46-44(35-20-23-41-32(26-35)17-14-29-8-2-5-11-38(29)41)48-45(47-43)36-21-24-42-33(27-36)18-15-30-9-3-6-12-39(30)42;1-2-9-28(10-3-1)31-17-21-32(22-18-31)39-42-40(44-41(43-39)38-24-20-30-12-5-7-14-34(30)26-38)37-16-8-15-35(27-37)36-23-19-29-11-4-6-13-33(29)25-36/h1-31H;1-27H;1-27H. The van der Waals surface area contributed by atoms with E-state index in [1.165, 1.54) is 108 Å². The van der Waals surface area contributed by atoms with Gasteiger partial charge < -0.3 is 0 Å². The maximum absolute atomic E-state index is 5.12. The zero-order chi connectivity index (χ0) is 94.2. The van der Waals surface area contributed by atoms with Gasteiger partial charge in [0.1, 0.15) is 0 Å². The summed E-state index contributed by atoms with van der Waals surface area (Å²) in [7, 11) is 0. The van der Waals surface area contributed by atoms with Crippen molar-refractivity contribution in [1.29, 1.82) is 0 Å². The van der Waals surface area contributed by atoms with Crippen molar-refractivity contribution in [3.63, 3.8) is 0 Å². The fourth-order valence-corrected chi connectivity index (χ4v) is 19.5. The summed E-state index contributed by atoms with van der Waals surface area (Å²) in [5, 5.41) is 24.3. The van der Waals surface area contributed by atoms with Gasteiger partial charge in [0.25, 0.3) is 0 Å². The molecule has 9 heteroatoms. The summed E-state index contributed by atoms with van der Waals surface area (Å²) in [4.78, 5) is 45.5. The molecule has 0 N–H and O–H groups in total. The fraction of sp³-hybridized carbons (Fsp3) is 0. The van der Waals surface area contributed by atoms with E-state index in [1.54, 1.807) is 0 Å². The average molecular weight is 1810 g/mol. The highest BCUT2D eigenvalue weighted by Crippen LogP contribution is 2.40. The Morgan fingerprint density at radius 2 is 0.232 bits per heavy atom. The lowest BCUT2D eigenvalue weighted by atomic mass is 9.99. The van der Waals surface area contributed by atoms with Crippen LogP contribution in [0.1, 0.15) is 0 Å². The lowest BCUT2D eigenvalue weighted by Crippen LogP contribution is -2.00. The highest BCUT2D eigenvalue weighted by molar-refractivity contribution is 6.11. The molecule has 24 aromatic carbocycles. The highest BCUT2D eigenvalue weighted by atomic mass is 15.1. The lowest BCUT2D eigenvalue weighted by Gasteiger charge is -2.12. The van der Waals surface area contributed by atoms with Crippen LogP contribution in [0.3, 0.4) is 0 Å². The van der Waals surface area contributed by atoms with Gasteiger partial charge in [0.2, 0.25) is 0 Å². The number of nitrogens with zero attached hydrogens (tertiary/aromatic N) is 9. The van der Waals surface area contributed by atoms with Gasteiger partial charge in [0.05, 0.1) is 0 Å². The van der Waals surface area contributed by atoms with Crippen molar-refractivity contribution in [2.75, 3.05) is 0 Å². The minimum absolute atomic E-state index is 0.640. The van der Waals surface area contributed by atoms with E-state index < -0.39 is 0 Å². The Morgan fingerprint density at radius 1 is 0.0775 bits per heavy atom. The Morgan fingerprint density at radius 3 is 0.535 bits per heavy atom. The largest absolute Gasteiger partial charge is 0.208 e. The van der Waals surface area contributed by atoms with Gasteiger partial charge in [0, 0.05) is 50.1 Å². The van der Waals surface area contributed by atoms with Gasteiger partial charge in [-0.2, -0.15) is 0 Å². The molecule has 0 saturated heterocycles. The van der Waals surface area contributed by atoms with Gasteiger partial charge in [-0.05, 0) is 212 Å². The van der Waals surface area contributed by atoms with Gasteiger partial charge in [-0.1, -0.05) is 467 Å². The van der Waals surface area contributed by atoms with E-state index in [1.807, 2.05) is 12.1 Å². The Kier molecular flexibility index (Phi) is 22.2. The number of fused-ring (bicyclic) bond motifs is 13. The number of rotatable bonds is 14. The number of hydrogen-bond acceptors (Lipinski definition) is 9. The highest BCUT2D eigenvalue weighted by Gasteiger charge is 2.21. The van der Waals surface area contributed by atoms with Crippen molar-refractivity contribution in [2.24, 2.45) is 0 Å². The minimum Gasteiger partial charge on any atom is -0.208 e. The van der Waals surface area contributed by atoms with Crippen molar-refractivity contribution >= 4 is 108 Å². The van der Waals surface area contributed by atoms with Gasteiger partial charge >= 0.3 is 0 Å². The topological polar surface area (TPSA) is 116 Å². The maximum atomic E-state index is 5.12. The van der Waals surface area contributed by atoms with Gasteiger partial charge in [0.15, 0.2) is 52.4 Å². The van der Waals surface area contributed by atoms with E-state index in [0.29, 0.717) is 52.4 Å². The van der Waals surface area contributed by atoms with Gasteiger partial charge in [-0.3, -0.25) is 0 Å². The maximum Gasteiger partial charge on any atom is 0.164 e. The van der Waals surface area contributed by atoms with E-state index >= 15 is 0 Å². The molecule has 27 aromatic rings. The molecule has 0 spiro atoms. The third-order valence-corrected chi connectivity index (χ3v) is 27.1. The SMILES string of the molecule is c1ccc(-c2ccc(-c3nc(-c4ccc(-c5ccc6ccccc6c5)cc4)nc(-c4ccc(-c5ccc6ccccc6c5)cc4)n3)cc2)cc1.c1ccc(-c2ccc(-c3nc(-c4cccc(-c5ccc6ccccc6c5)c4)nc(-c4ccc5ccccc5c4)n3)cc2)cc1.c1ccc2c(c1)ccc1cc(-c3nc(-c4ccc5c(ccc6ccccc65)c4)nc(-c4ccc5c(ccc6ccccc65)c4)n3)ccc12. The van der Waals surface area contributed by atoms with Crippen molar-refractivity contribution < 1.29 is 0 Å². The summed E-state index contributed by atoms with van der Waals surface area (Å²) in [5.41, 5.74) is 20.1. The summed E-state index contributed by atoms with van der Waals surface area (Å²) >= 11 is 0. The lowest BCUT2D eigenvalue weighted by molar-refractivity contribution is 1.07. The Hall–Kier alpha value is -19.1. The van der Waals surface area contributed by atoms with E-state index in [-0.39, 0.29) is 0 Å². The summed E-state index contributed by atoms with van der Waals surface area (Å²) < 4.78 is 0. The average Bonchev–Trinajstić information content (AvgIpc) is 0.761. The zero-order valence-corrected chi connectivity index (χ0v) is 77.1. The number of aromatic nitrogens is 9. The van der Waals surface area contributed by atoms with Crippen LogP contribution in [0.25, 0.3) is 266 Å². The molecule has 662 valence electrons. The van der Waals surface area contributed by atoms with Gasteiger partial charge in [-0.15, -0.1) is 0 Å². The molecule has 0 saturated carbocycles. The van der Waals surface area contributed by atoms with Crippen molar-refractivity contribution in [2.45, 2.75) is 0 Å². The summed E-state index contributed by atoms with van der Waals surface area (Å²) in [6.07, 6.45) is 0. The smallest absolute Gasteiger partial charge is 0.164 e. The zero-order valence-electron chi connectivity index (χ0n) is 77.1. The predicted octanol–water partition coefficient (Wildman–Crippen LogP) is 34.5. The first-order valence-corrected chi connectivity index (χ1v) is 47.9. The number of benzene rings is 24. The molecule has 142 heavy (non-hydrogen) atoms. The molecule has 0 aliphatic carbocycles. The van der Waals surface area contributed by atoms with Crippen molar-refractivity contribution in [1.82, 2.24) is 44.9 Å². The molecule has 0 fully saturated rings. The van der Waals surface area contributed by atoms with Crippen LogP contribution in [0.15, 0.2) is 516 Å². The second kappa shape index (κ2) is 37.2. The summed E-state index contributed by atoms with van der Waals surface area (Å²) in [5.74, 6) is 5.83. The van der Waals surface area contributed by atoms with Crippen LogP contribution in [-0.4, -0.2) is 44.9 Å². The molecule has 0 aliphatic heterocycles. The Bertz CT molecular complexity index is 9060. The summed E-state index contributed by atoms with van der Waals surface area (Å²) in [6.45, 7) is 0. The monoisotopic (exact) mass is 1810 g/mol. The first kappa shape index (κ1) is 84.6. The van der Waals surface area contributed by atoms with E-state index in [0.717, 1.165) is 105 Å². The third-order valence-electron chi connectivity index (χ3n) is 27.1. The van der Waals surface area contributed by atoms with Crippen LogP contribution >= 0.6 is 0 Å². The molecule has 0 aliphatic rings. The molecule has 3 heterocycles. The van der Waals surface area contributed by atoms with Crippen molar-refractivity contribution in [3.05, 3.63) is 516 Å². The predicted molar refractivity (Wildman–Crippen MR) is 591 cm³/mol. The van der Waals surface area contributed by atoms with Crippen LogP contribution in [0, 0.1) is 0 Å². The van der Waals surface area contributed by atoms with E-state index in [9.17, 15) is 0 Å². The summed E-state index contributed by atoms with van der Waals surface area (Å²) in [6, 6.07) is 181. The van der Waals surface area contributed by atoms with Crippen LogP contribution < -0.4 is 0 Å². The Labute approximate surface area is 820 Å². The van der Waals surface area contributed by atoms with Crippen LogP contribution in [0.4, 0.5) is 0 Å². The van der Waals surface area contributed by atoms with Crippen molar-refractivity contribution in [3.8, 4) is 158 Å². The normalized spacial score (nSPS) is 11.4. The van der Waals surface area contributed by atoms with Gasteiger partial charge in [-0.25, -0.2) is 44.9 Å². The second-order valence-corrected chi connectivity index (χ2v) is 36.0. The molecule has 9 nitrogen and oxygen atoms in total. The second-order valence-electron chi connectivity index (χ2n) is 36.0. The van der Waals surface area contributed by atoms with E-state index in [4.69, 9.17) is 44.9 Å². The molecule has 0 amide bonds. The first-order chi connectivity index (χ1) is 70.2. The minimum atomic E-state index is 0.640. The molecule has 27 rings (SSSR count). The molecule has 0 unspecified atom stereocenters. The molecular formula is C133H85N9. The molecule has 0 radical (unpaired) electrons. The van der Waals surface area contributed by atoms with Crippen LogP contribution in [0.2, 0.25) is 0 Å². The molecule has 0 bridgehead atoms. The molecule has 0 atom stereocenters. The first-order valence-electron chi connectivity index (χ1n) is 47.9. The third kappa shape index (κ3) is 17.2. The molecular weight excluding hydrogens is 1720 g/mol.